The number of ether oxygens (including phenoxy) is 1. The number of rotatable bonds is 2. The molecule has 0 spiro atoms. The largest absolute Gasteiger partial charge is 0.494 e. The molecule has 1 heterocycles. The molecule has 17 heavy (non-hydrogen) atoms. The zero-order valence-corrected chi connectivity index (χ0v) is 9.86. The van der Waals surface area contributed by atoms with E-state index in [-0.39, 0.29) is 18.2 Å². The summed E-state index contributed by atoms with van der Waals surface area (Å²) in [7, 11) is 1.53. The molecule has 0 aromatic carbocycles. The maximum Gasteiger partial charge on any atom is 0.236 e. The van der Waals surface area contributed by atoms with Gasteiger partial charge < -0.3 is 15.0 Å². The van der Waals surface area contributed by atoms with Crippen molar-refractivity contribution in [3.63, 3.8) is 0 Å². The summed E-state index contributed by atoms with van der Waals surface area (Å²) in [5, 5.41) is 2.46. The molecule has 0 saturated carbocycles. The van der Waals surface area contributed by atoms with E-state index in [0.717, 1.165) is 24.3 Å². The fraction of sp³-hybridized carbons (Fsp3) is 0.500. The second-order valence-corrected chi connectivity index (χ2v) is 3.99. The first-order valence-electron chi connectivity index (χ1n) is 5.76. The Labute approximate surface area is 100 Å². The first kappa shape index (κ1) is 11.7. The van der Waals surface area contributed by atoms with Crippen LogP contribution in [0.2, 0.25) is 0 Å². The standard InChI is InChI=1S/C12H16N2O3/c1-13-11(15)8-12(16)14-6-7-17-10-5-3-2-4-9(10)14/h2,4H,3,5-8H2,1H3,(H,13,15). The number of carbonyl (C=O) groups excluding carboxylic acids is 2. The van der Waals surface area contributed by atoms with Crippen molar-refractivity contribution in [1.29, 1.82) is 0 Å². The van der Waals surface area contributed by atoms with Gasteiger partial charge in [-0.2, -0.15) is 0 Å². The van der Waals surface area contributed by atoms with Gasteiger partial charge in [-0.1, -0.05) is 6.08 Å². The topological polar surface area (TPSA) is 58.6 Å². The molecule has 1 aliphatic carbocycles. The minimum Gasteiger partial charge on any atom is -0.494 e. The summed E-state index contributed by atoms with van der Waals surface area (Å²) in [5.41, 5.74) is 0.816. The predicted octanol–water partition coefficient (Wildman–Crippen LogP) is 0.543. The molecule has 0 aromatic heterocycles. The van der Waals surface area contributed by atoms with Crippen LogP contribution in [0.4, 0.5) is 0 Å². The molecular weight excluding hydrogens is 220 g/mol. The van der Waals surface area contributed by atoms with Crippen molar-refractivity contribution >= 4 is 11.8 Å². The lowest BCUT2D eigenvalue weighted by molar-refractivity contribution is -0.135. The van der Waals surface area contributed by atoms with E-state index in [1.54, 1.807) is 4.90 Å². The van der Waals surface area contributed by atoms with Crippen molar-refractivity contribution in [2.45, 2.75) is 19.3 Å². The Kier molecular flexibility index (Phi) is 3.46. The Balaban J connectivity index is 2.12. The normalized spacial score (nSPS) is 18.5. The lowest BCUT2D eigenvalue weighted by atomic mass is 10.1. The van der Waals surface area contributed by atoms with E-state index in [1.165, 1.54) is 7.05 Å². The second-order valence-electron chi connectivity index (χ2n) is 3.99. The molecule has 2 amide bonds. The van der Waals surface area contributed by atoms with Gasteiger partial charge in [0.25, 0.3) is 0 Å². The van der Waals surface area contributed by atoms with Crippen LogP contribution in [0.25, 0.3) is 0 Å². The van der Waals surface area contributed by atoms with Gasteiger partial charge in [0.1, 0.15) is 18.8 Å². The number of allylic oxidation sites excluding steroid dienone is 3. The summed E-state index contributed by atoms with van der Waals surface area (Å²) in [6, 6.07) is 0. The third kappa shape index (κ3) is 2.49. The van der Waals surface area contributed by atoms with Crippen molar-refractivity contribution in [3.05, 3.63) is 23.6 Å². The molecule has 92 valence electrons. The SMILES string of the molecule is CNC(=O)CC(=O)N1CCOC2=C1C=CCC2. The summed E-state index contributed by atoms with van der Waals surface area (Å²) >= 11 is 0. The minimum atomic E-state index is -0.261. The molecule has 0 fully saturated rings. The molecule has 5 nitrogen and oxygen atoms in total. The zero-order chi connectivity index (χ0) is 12.3. The van der Waals surface area contributed by atoms with E-state index in [1.807, 2.05) is 12.2 Å². The molecule has 5 heteroatoms. The monoisotopic (exact) mass is 236 g/mol. The van der Waals surface area contributed by atoms with Crippen LogP contribution in [-0.4, -0.2) is 36.9 Å². The van der Waals surface area contributed by atoms with Crippen LogP contribution in [0, 0.1) is 0 Å². The number of hydrogen-bond donors (Lipinski definition) is 1. The van der Waals surface area contributed by atoms with Gasteiger partial charge >= 0.3 is 0 Å². The predicted molar refractivity (Wildman–Crippen MR) is 61.7 cm³/mol. The Morgan fingerprint density at radius 1 is 1.53 bits per heavy atom. The van der Waals surface area contributed by atoms with E-state index in [2.05, 4.69) is 5.32 Å². The van der Waals surface area contributed by atoms with Crippen LogP contribution in [0.3, 0.4) is 0 Å². The molecule has 1 N–H and O–H groups in total. The number of nitrogens with one attached hydrogen (secondary N) is 1. The van der Waals surface area contributed by atoms with Crippen LogP contribution in [0.15, 0.2) is 23.6 Å². The van der Waals surface area contributed by atoms with Gasteiger partial charge in [-0.05, 0) is 12.5 Å². The summed E-state index contributed by atoms with van der Waals surface area (Å²) in [4.78, 5) is 24.8. The summed E-state index contributed by atoms with van der Waals surface area (Å²) in [6.07, 6.45) is 5.58. The van der Waals surface area contributed by atoms with Crippen molar-refractivity contribution in [1.82, 2.24) is 10.2 Å². The van der Waals surface area contributed by atoms with Crippen LogP contribution in [-0.2, 0) is 14.3 Å². The highest BCUT2D eigenvalue weighted by molar-refractivity contribution is 5.97. The van der Waals surface area contributed by atoms with Crippen LogP contribution >= 0.6 is 0 Å². The molecule has 0 unspecified atom stereocenters. The Hall–Kier alpha value is -1.78. The van der Waals surface area contributed by atoms with E-state index in [9.17, 15) is 9.59 Å². The molecule has 0 atom stereocenters. The number of amides is 2. The van der Waals surface area contributed by atoms with Crippen molar-refractivity contribution in [3.8, 4) is 0 Å². The number of carbonyl (C=O) groups is 2. The van der Waals surface area contributed by atoms with E-state index in [4.69, 9.17) is 4.74 Å². The van der Waals surface area contributed by atoms with Gasteiger partial charge in [-0.3, -0.25) is 9.59 Å². The number of nitrogens with zero attached hydrogens (tertiary/aromatic N) is 1. The molecule has 0 radical (unpaired) electrons. The van der Waals surface area contributed by atoms with Gasteiger partial charge in [0.2, 0.25) is 11.8 Å². The third-order valence-electron chi connectivity index (χ3n) is 2.87. The van der Waals surface area contributed by atoms with E-state index < -0.39 is 0 Å². The lowest BCUT2D eigenvalue weighted by Gasteiger charge is -2.32. The second kappa shape index (κ2) is 5.03. The van der Waals surface area contributed by atoms with Gasteiger partial charge in [0, 0.05) is 13.5 Å². The number of hydrogen-bond acceptors (Lipinski definition) is 3. The van der Waals surface area contributed by atoms with Gasteiger partial charge in [0.15, 0.2) is 0 Å². The van der Waals surface area contributed by atoms with Crippen LogP contribution in [0.5, 0.6) is 0 Å². The molecule has 0 saturated heterocycles. The summed E-state index contributed by atoms with van der Waals surface area (Å²) in [6.45, 7) is 1.02. The average Bonchev–Trinajstić information content (AvgIpc) is 2.37. The maximum absolute atomic E-state index is 12.0. The molecule has 2 aliphatic rings. The summed E-state index contributed by atoms with van der Waals surface area (Å²) in [5.74, 6) is 0.430. The highest BCUT2D eigenvalue weighted by atomic mass is 16.5. The fourth-order valence-electron chi connectivity index (χ4n) is 1.98. The van der Waals surface area contributed by atoms with Crippen molar-refractivity contribution in [2.24, 2.45) is 0 Å². The third-order valence-corrected chi connectivity index (χ3v) is 2.87. The molecule has 1 aliphatic heterocycles. The van der Waals surface area contributed by atoms with E-state index >= 15 is 0 Å². The van der Waals surface area contributed by atoms with Gasteiger partial charge in [-0.25, -0.2) is 0 Å². The minimum absolute atomic E-state index is 0.110. The van der Waals surface area contributed by atoms with Crippen molar-refractivity contribution in [2.75, 3.05) is 20.2 Å². The highest BCUT2D eigenvalue weighted by Gasteiger charge is 2.26. The quantitative estimate of drug-likeness (QED) is 0.712. The Bertz CT molecular complexity index is 399. The first-order chi connectivity index (χ1) is 8.22. The lowest BCUT2D eigenvalue weighted by Crippen LogP contribution is -2.39. The average molecular weight is 236 g/mol. The van der Waals surface area contributed by atoms with Crippen LogP contribution < -0.4 is 5.32 Å². The molecule has 2 rings (SSSR count). The smallest absolute Gasteiger partial charge is 0.236 e. The fourth-order valence-corrected chi connectivity index (χ4v) is 1.98. The zero-order valence-electron chi connectivity index (χ0n) is 9.86. The van der Waals surface area contributed by atoms with Crippen molar-refractivity contribution < 1.29 is 14.3 Å². The molecular formula is C12H16N2O3. The van der Waals surface area contributed by atoms with Crippen LogP contribution in [0.1, 0.15) is 19.3 Å². The van der Waals surface area contributed by atoms with Gasteiger partial charge in [0.05, 0.1) is 12.2 Å². The molecule has 0 aromatic rings. The maximum atomic E-state index is 12.0. The van der Waals surface area contributed by atoms with Gasteiger partial charge in [-0.15, -0.1) is 0 Å². The Morgan fingerprint density at radius 2 is 2.35 bits per heavy atom. The Morgan fingerprint density at radius 3 is 3.12 bits per heavy atom. The van der Waals surface area contributed by atoms with E-state index in [0.29, 0.717) is 13.2 Å². The molecule has 0 bridgehead atoms. The first-order valence-corrected chi connectivity index (χ1v) is 5.76. The highest BCUT2D eigenvalue weighted by Crippen LogP contribution is 2.26. The summed E-state index contributed by atoms with van der Waals surface area (Å²) < 4.78 is 5.53.